The van der Waals surface area contributed by atoms with Crippen molar-refractivity contribution >= 4 is 86.4 Å². The van der Waals surface area contributed by atoms with Crippen LogP contribution in [0.25, 0.3) is 0 Å². The van der Waals surface area contributed by atoms with E-state index >= 15 is 0 Å². The SMILES string of the molecule is CCOP(=O)(OCC)c1ccccc1NC(=N)C1=C(O)[C@H]([RaH])[N]([Rb])C1=O. The van der Waals surface area contributed by atoms with Gasteiger partial charge in [0.15, 0.2) is 0 Å². The molecule has 26 heavy (non-hydrogen) atoms. The molecule has 1 aromatic rings. The van der Waals surface area contributed by atoms with Gasteiger partial charge in [-0.2, -0.15) is 0 Å². The summed E-state index contributed by atoms with van der Waals surface area (Å²) >= 11 is -0.219. The molecule has 1 heterocycles. The minimum absolute atomic E-state index is 0.00357. The molecule has 0 fully saturated rings. The first kappa shape index (κ1) is 23.4. The topological polar surface area (TPSA) is 112 Å². The number of hydrogen-bond donors (Lipinski definition) is 3. The van der Waals surface area contributed by atoms with E-state index < -0.39 is 7.60 Å². The predicted molar refractivity (Wildman–Crippen MR) is 95.7 cm³/mol. The molecule has 0 radical (unpaired) electrons. The van der Waals surface area contributed by atoms with Gasteiger partial charge in [-0.25, -0.2) is 0 Å². The van der Waals surface area contributed by atoms with Crippen LogP contribution < -0.4 is 10.6 Å². The first-order valence-electron chi connectivity index (χ1n) is 8.31. The van der Waals surface area contributed by atoms with Gasteiger partial charge in [0.05, 0.1) is 0 Å². The normalized spacial score (nSPS) is 17.7. The Labute approximate surface area is 221 Å². The van der Waals surface area contributed by atoms with Gasteiger partial charge in [0.2, 0.25) is 0 Å². The van der Waals surface area contributed by atoms with Crippen LogP contribution in [0.4, 0.5) is 5.69 Å². The number of aliphatic hydroxyl groups excluding tert-OH is 1. The number of aliphatic hydroxyl groups is 1. The Hall–Kier alpha value is 1.12. The van der Waals surface area contributed by atoms with Crippen LogP contribution in [0.15, 0.2) is 35.6 Å². The number of para-hydroxylation sites is 1. The molecule has 1 atom stereocenters. The summed E-state index contributed by atoms with van der Waals surface area (Å²) in [6, 6.07) is 6.66. The standard InChI is InChI=1S/C15H18N3O5P.Ra.Rb.H/c1-3-22-24(21,23-4-2)12-8-6-5-7-10(12)18-14(16)13-11(19)9-17-15(13)20;;;/h5-9H,3-4H2,1-2H3,(H3-,16,17,18,19,20,21);;;/q-1;;+1;. The Kier molecular flexibility index (Phi) is 9.22. The number of carbonyl (C=O) groups is 1. The van der Waals surface area contributed by atoms with Crippen LogP contribution in [-0.2, 0) is 18.4 Å². The second-order valence-corrected chi connectivity index (χ2v) is 14.6. The molecule has 0 bridgehead atoms. The van der Waals surface area contributed by atoms with Gasteiger partial charge in [0.25, 0.3) is 0 Å². The van der Waals surface area contributed by atoms with Crippen LogP contribution in [-0.4, -0.2) is 85.8 Å². The van der Waals surface area contributed by atoms with Crippen molar-refractivity contribution in [3.05, 3.63) is 35.6 Å². The molecule has 2 rings (SSSR count). The van der Waals surface area contributed by atoms with Gasteiger partial charge < -0.3 is 0 Å². The van der Waals surface area contributed by atoms with E-state index in [2.05, 4.69) is 5.32 Å². The Balaban J connectivity index is 2.38. The van der Waals surface area contributed by atoms with Gasteiger partial charge >= 0.3 is 226 Å². The molecule has 3 N–H and O–H groups in total. The summed E-state index contributed by atoms with van der Waals surface area (Å²) < 4.78 is 25.3. The minimum atomic E-state index is -3.56. The molecule has 0 aromatic heterocycles. The van der Waals surface area contributed by atoms with Crippen LogP contribution in [0.3, 0.4) is 0 Å². The van der Waals surface area contributed by atoms with Gasteiger partial charge in [0.1, 0.15) is 0 Å². The van der Waals surface area contributed by atoms with E-state index in [0.29, 0.717) is 11.0 Å². The Morgan fingerprint density at radius 3 is 2.46 bits per heavy atom. The number of nitrogens with zero attached hydrogens (tertiary/aromatic N) is 1. The first-order chi connectivity index (χ1) is 12.3. The van der Waals surface area contributed by atoms with Crippen LogP contribution in [0.5, 0.6) is 0 Å². The van der Waals surface area contributed by atoms with Crippen LogP contribution in [0.1, 0.15) is 13.8 Å². The van der Waals surface area contributed by atoms with Crippen molar-refractivity contribution in [2.75, 3.05) is 18.5 Å². The number of hydrogen-bond acceptors (Lipinski definition) is 6. The molecule has 0 aliphatic carbocycles. The number of anilines is 1. The molecule has 132 valence electrons. The van der Waals surface area contributed by atoms with E-state index in [1.54, 1.807) is 36.8 Å². The molecule has 1 amide bonds. The first-order valence-corrected chi connectivity index (χ1v) is 16.8. The molecule has 11 heteroatoms. The average Bonchev–Trinajstić information content (AvgIpc) is 2.79. The molecular weight excluding hydrogens is 645 g/mol. The fourth-order valence-corrected chi connectivity index (χ4v) is 7.65. The average molecular weight is 664 g/mol. The number of amidine groups is 1. The van der Waals surface area contributed by atoms with Gasteiger partial charge in [-0.05, 0) is 0 Å². The number of carbonyl (C=O) groups excluding carboxylic acids is 1. The Morgan fingerprint density at radius 2 is 1.96 bits per heavy atom. The third-order valence-electron chi connectivity index (χ3n) is 4.07. The second-order valence-electron chi connectivity index (χ2n) is 5.70. The summed E-state index contributed by atoms with van der Waals surface area (Å²) in [6.45, 7) is 3.85. The number of amides is 1. The summed E-state index contributed by atoms with van der Waals surface area (Å²) in [5.41, 5.74) is 0.350. The van der Waals surface area contributed by atoms with Crippen molar-refractivity contribution in [2.24, 2.45) is 0 Å². The zero-order chi connectivity index (χ0) is 19.5. The van der Waals surface area contributed by atoms with Crippen molar-refractivity contribution in [3.63, 3.8) is 0 Å². The molecule has 0 saturated carbocycles. The molecular formula is C15H19N3O5PRaRb. The maximum absolute atomic E-state index is 13.1. The molecule has 8 nitrogen and oxygen atoms in total. The zero-order valence-electron chi connectivity index (χ0n) is 15.3. The van der Waals surface area contributed by atoms with Crippen LogP contribution >= 0.6 is 7.60 Å². The molecule has 0 unspecified atom stereocenters. The third-order valence-corrected chi connectivity index (χ3v) is 25.0. The van der Waals surface area contributed by atoms with E-state index in [-0.39, 0.29) is 136 Å². The van der Waals surface area contributed by atoms with E-state index in [0.717, 1.165) is 0 Å². The Bertz CT molecular complexity index is 793. The number of rotatable bonds is 7. The number of nitrogens with one attached hydrogen (secondary N) is 2. The summed E-state index contributed by atoms with van der Waals surface area (Å²) in [5.74, 6) is -0.538. The van der Waals surface area contributed by atoms with Crippen molar-refractivity contribution in [3.8, 4) is 0 Å². The molecule has 1 aliphatic heterocycles. The third kappa shape index (κ3) is 4.99. The van der Waals surface area contributed by atoms with Crippen molar-refractivity contribution in [2.45, 2.75) is 14.9 Å². The van der Waals surface area contributed by atoms with Crippen LogP contribution in [0, 0.1) is 48.2 Å². The van der Waals surface area contributed by atoms with Crippen molar-refractivity contribution in [1.82, 2.24) is -1.36 Å². The fourth-order valence-electron chi connectivity index (χ4n) is 2.62. The second kappa shape index (κ2) is 10.2. The zero-order valence-corrected chi connectivity index (χ0v) is 29.3. The van der Waals surface area contributed by atoms with Gasteiger partial charge in [-0.1, -0.05) is 0 Å². The fraction of sp³-hybridized carbons (Fsp3) is 0.333. The summed E-state index contributed by atoms with van der Waals surface area (Å²) in [6.07, 6.45) is 0. The van der Waals surface area contributed by atoms with Gasteiger partial charge in [-0.3, -0.25) is 0 Å². The predicted octanol–water partition coefficient (Wildman–Crippen LogP) is 1.31. The summed E-state index contributed by atoms with van der Waals surface area (Å²) in [7, 11) is -3.56. The van der Waals surface area contributed by atoms with E-state index in [4.69, 9.17) is 14.5 Å². The molecule has 0 spiro atoms. The molecule has 1 aliphatic rings. The summed E-state index contributed by atoms with van der Waals surface area (Å²) in [4.78, 5) is 12.4. The van der Waals surface area contributed by atoms with E-state index in [1.165, 1.54) is 0 Å². The quantitative estimate of drug-likeness (QED) is 0.231. The van der Waals surface area contributed by atoms with Crippen LogP contribution in [0.2, 0.25) is 0 Å². The molecule has 0 saturated heterocycles. The van der Waals surface area contributed by atoms with E-state index in [1.807, 2.05) is 0 Å². The Morgan fingerprint density at radius 1 is 1.38 bits per heavy atom. The van der Waals surface area contributed by atoms with Gasteiger partial charge in [0, 0.05) is 0 Å². The monoisotopic (exact) mass is 663 g/mol. The maximum atomic E-state index is 13.1. The van der Waals surface area contributed by atoms with Crippen molar-refractivity contribution < 1.29 is 66.3 Å². The van der Waals surface area contributed by atoms with Crippen molar-refractivity contribution in [1.29, 1.82) is 5.41 Å². The summed E-state index contributed by atoms with van der Waals surface area (Å²) in [5, 5.41) is 21.6. The van der Waals surface area contributed by atoms with E-state index in [9.17, 15) is 14.5 Å². The number of benzene rings is 1. The molecule has 1 aromatic carbocycles. The van der Waals surface area contributed by atoms with Gasteiger partial charge in [-0.15, -0.1) is 0 Å².